The molecule has 0 radical (unpaired) electrons. The summed E-state index contributed by atoms with van der Waals surface area (Å²) >= 11 is 5.90. The molecule has 0 saturated carbocycles. The number of nitrogens with zero attached hydrogens (tertiary/aromatic N) is 1. The van der Waals surface area contributed by atoms with Crippen LogP contribution in [0.2, 0.25) is 0 Å². The van der Waals surface area contributed by atoms with Crippen LogP contribution in [0.4, 0.5) is 0 Å². The number of piperidine rings is 1. The predicted molar refractivity (Wildman–Crippen MR) is 105 cm³/mol. The zero-order valence-corrected chi connectivity index (χ0v) is 15.6. The fourth-order valence-electron chi connectivity index (χ4n) is 3.56. The Labute approximate surface area is 155 Å². The van der Waals surface area contributed by atoms with Crippen molar-refractivity contribution < 1.29 is 4.79 Å². The summed E-state index contributed by atoms with van der Waals surface area (Å²) in [5, 5.41) is -0.403. The molecule has 0 N–H and O–H groups in total. The van der Waals surface area contributed by atoms with E-state index in [4.69, 9.17) is 11.6 Å². The maximum Gasteiger partial charge on any atom is 0.240 e. The molecule has 0 unspecified atom stereocenters. The largest absolute Gasteiger partial charge is 0.341 e. The van der Waals surface area contributed by atoms with Gasteiger partial charge in [-0.3, -0.25) is 4.79 Å². The summed E-state index contributed by atoms with van der Waals surface area (Å²) in [6, 6.07) is 19.4. The summed E-state index contributed by atoms with van der Waals surface area (Å²) in [5.74, 6) is 0.792. The molecule has 25 heavy (non-hydrogen) atoms. The van der Waals surface area contributed by atoms with Crippen LogP contribution in [-0.2, 0) is 11.2 Å². The number of amides is 1. The first kappa shape index (κ1) is 18.0. The van der Waals surface area contributed by atoms with Gasteiger partial charge in [-0.15, -0.1) is 11.6 Å². The Balaban J connectivity index is 1.47. The average Bonchev–Trinajstić information content (AvgIpc) is 2.67. The van der Waals surface area contributed by atoms with Crippen molar-refractivity contribution in [2.45, 2.75) is 38.0 Å². The summed E-state index contributed by atoms with van der Waals surface area (Å²) in [7, 11) is 0. The maximum absolute atomic E-state index is 11.9. The Morgan fingerprint density at radius 1 is 1.04 bits per heavy atom. The lowest BCUT2D eigenvalue weighted by molar-refractivity contribution is -0.131. The number of aryl methyl sites for hydroxylation is 1. The van der Waals surface area contributed by atoms with Crippen molar-refractivity contribution in [3.05, 3.63) is 60.2 Å². The number of halogens is 1. The molecule has 1 amide bonds. The van der Waals surface area contributed by atoms with Gasteiger partial charge in [0.25, 0.3) is 0 Å². The van der Waals surface area contributed by atoms with Crippen molar-refractivity contribution in [3.63, 3.8) is 0 Å². The summed E-state index contributed by atoms with van der Waals surface area (Å²) in [6.07, 6.45) is 4.50. The fourth-order valence-corrected chi connectivity index (χ4v) is 3.70. The molecule has 0 bridgehead atoms. The van der Waals surface area contributed by atoms with Crippen molar-refractivity contribution in [1.29, 1.82) is 0 Å². The normalized spacial score (nSPS) is 16.6. The second-order valence-electron chi connectivity index (χ2n) is 6.99. The van der Waals surface area contributed by atoms with Gasteiger partial charge >= 0.3 is 0 Å². The number of carbonyl (C=O) groups is 1. The van der Waals surface area contributed by atoms with Gasteiger partial charge in [0.15, 0.2) is 0 Å². The minimum Gasteiger partial charge on any atom is -0.341 e. The third-order valence-corrected chi connectivity index (χ3v) is 5.36. The molecule has 0 spiro atoms. The van der Waals surface area contributed by atoms with Gasteiger partial charge in [-0.25, -0.2) is 0 Å². The highest BCUT2D eigenvalue weighted by Gasteiger charge is 2.24. The topological polar surface area (TPSA) is 20.3 Å². The number of carbonyl (C=O) groups excluding carboxylic acids is 1. The Hall–Kier alpha value is -1.80. The lowest BCUT2D eigenvalue weighted by Crippen LogP contribution is -2.41. The highest BCUT2D eigenvalue weighted by atomic mass is 35.5. The number of benzene rings is 2. The first-order valence-corrected chi connectivity index (χ1v) is 9.64. The lowest BCUT2D eigenvalue weighted by Gasteiger charge is -2.32. The Bertz CT molecular complexity index is 673. The molecular formula is C22H26ClNO. The van der Waals surface area contributed by atoms with Crippen LogP contribution in [0.1, 0.15) is 31.7 Å². The van der Waals surface area contributed by atoms with Gasteiger partial charge in [-0.1, -0.05) is 54.6 Å². The van der Waals surface area contributed by atoms with E-state index in [0.717, 1.165) is 32.4 Å². The molecule has 0 aromatic heterocycles. The monoisotopic (exact) mass is 355 g/mol. The smallest absolute Gasteiger partial charge is 0.240 e. The molecule has 1 heterocycles. The summed E-state index contributed by atoms with van der Waals surface area (Å²) in [5.41, 5.74) is 3.93. The van der Waals surface area contributed by atoms with E-state index in [-0.39, 0.29) is 5.91 Å². The zero-order valence-electron chi connectivity index (χ0n) is 14.8. The van der Waals surface area contributed by atoms with Gasteiger partial charge in [0, 0.05) is 13.1 Å². The van der Waals surface area contributed by atoms with Crippen molar-refractivity contribution >= 4 is 17.5 Å². The number of hydrogen-bond acceptors (Lipinski definition) is 1. The van der Waals surface area contributed by atoms with Gasteiger partial charge in [-0.05, 0) is 55.2 Å². The molecule has 2 aromatic rings. The van der Waals surface area contributed by atoms with E-state index in [0.29, 0.717) is 5.92 Å². The number of likely N-dealkylation sites (tertiary alicyclic amines) is 1. The second kappa shape index (κ2) is 8.53. The van der Waals surface area contributed by atoms with E-state index < -0.39 is 5.38 Å². The van der Waals surface area contributed by atoms with Crippen molar-refractivity contribution in [3.8, 4) is 11.1 Å². The number of rotatable bonds is 5. The van der Waals surface area contributed by atoms with Gasteiger partial charge in [0.05, 0.1) is 0 Å². The van der Waals surface area contributed by atoms with Crippen LogP contribution in [0.25, 0.3) is 11.1 Å². The summed E-state index contributed by atoms with van der Waals surface area (Å²) in [4.78, 5) is 13.8. The van der Waals surface area contributed by atoms with Crippen molar-refractivity contribution in [2.24, 2.45) is 5.92 Å². The first-order chi connectivity index (χ1) is 12.1. The molecular weight excluding hydrogens is 330 g/mol. The highest BCUT2D eigenvalue weighted by molar-refractivity contribution is 6.30. The number of hydrogen-bond donors (Lipinski definition) is 0. The van der Waals surface area contributed by atoms with Crippen LogP contribution in [0.3, 0.4) is 0 Å². The van der Waals surface area contributed by atoms with Crippen molar-refractivity contribution in [2.75, 3.05) is 13.1 Å². The minimum atomic E-state index is -0.403. The van der Waals surface area contributed by atoms with E-state index in [2.05, 4.69) is 48.5 Å². The van der Waals surface area contributed by atoms with Crippen LogP contribution in [0.15, 0.2) is 54.6 Å². The molecule has 132 valence electrons. The van der Waals surface area contributed by atoms with Crippen LogP contribution < -0.4 is 0 Å². The zero-order chi connectivity index (χ0) is 17.6. The third-order valence-electron chi connectivity index (χ3n) is 5.17. The van der Waals surface area contributed by atoms with Gasteiger partial charge in [0.2, 0.25) is 5.91 Å². The van der Waals surface area contributed by atoms with Gasteiger partial charge < -0.3 is 4.90 Å². The summed E-state index contributed by atoms with van der Waals surface area (Å²) < 4.78 is 0. The van der Waals surface area contributed by atoms with Gasteiger partial charge in [-0.2, -0.15) is 0 Å². The molecule has 1 aliphatic heterocycles. The number of alkyl halides is 1. The third kappa shape index (κ3) is 4.85. The van der Waals surface area contributed by atoms with Crippen LogP contribution in [-0.4, -0.2) is 29.3 Å². The van der Waals surface area contributed by atoms with Crippen molar-refractivity contribution in [1.82, 2.24) is 4.90 Å². The highest BCUT2D eigenvalue weighted by Crippen LogP contribution is 2.24. The quantitative estimate of drug-likeness (QED) is 0.679. The minimum absolute atomic E-state index is 0.0802. The van der Waals surface area contributed by atoms with E-state index in [1.165, 1.54) is 23.1 Å². The molecule has 1 saturated heterocycles. The Morgan fingerprint density at radius 2 is 1.64 bits per heavy atom. The standard InChI is InChI=1S/C22H26ClNO/c1-17(23)22(25)24-15-13-19(14-16-24)8-7-18-9-11-21(12-10-18)20-5-3-2-4-6-20/h2-6,9-12,17,19H,7-8,13-16H2,1H3/t17-/m1/s1. The average molecular weight is 356 g/mol. The van der Waals surface area contributed by atoms with E-state index in [1.54, 1.807) is 6.92 Å². The predicted octanol–water partition coefficient (Wildman–Crippen LogP) is 5.15. The lowest BCUT2D eigenvalue weighted by atomic mass is 9.90. The molecule has 3 heteroatoms. The van der Waals surface area contributed by atoms with Crippen LogP contribution in [0.5, 0.6) is 0 Å². The fraction of sp³-hybridized carbons (Fsp3) is 0.409. The molecule has 1 fully saturated rings. The molecule has 1 atom stereocenters. The van der Waals surface area contributed by atoms with Gasteiger partial charge in [0.1, 0.15) is 5.38 Å². The Kier molecular flexibility index (Phi) is 6.14. The van der Waals surface area contributed by atoms with E-state index in [1.807, 2.05) is 11.0 Å². The first-order valence-electron chi connectivity index (χ1n) is 9.20. The molecule has 1 aliphatic rings. The summed E-state index contributed by atoms with van der Waals surface area (Å²) in [6.45, 7) is 3.47. The Morgan fingerprint density at radius 3 is 2.24 bits per heavy atom. The van der Waals surface area contributed by atoms with Crippen LogP contribution in [0, 0.1) is 5.92 Å². The van der Waals surface area contributed by atoms with Crippen LogP contribution >= 0.6 is 11.6 Å². The van der Waals surface area contributed by atoms with E-state index in [9.17, 15) is 4.79 Å². The second-order valence-corrected chi connectivity index (χ2v) is 7.64. The van der Waals surface area contributed by atoms with E-state index >= 15 is 0 Å². The maximum atomic E-state index is 11.9. The molecule has 2 aromatic carbocycles. The molecule has 2 nitrogen and oxygen atoms in total. The molecule has 0 aliphatic carbocycles. The SMILES string of the molecule is C[C@@H](Cl)C(=O)N1CCC(CCc2ccc(-c3ccccc3)cc2)CC1. The molecule has 3 rings (SSSR count).